The molecule has 0 saturated carbocycles. The van der Waals surface area contributed by atoms with E-state index in [9.17, 15) is 0 Å². The van der Waals surface area contributed by atoms with Gasteiger partial charge < -0.3 is 18.3 Å². The summed E-state index contributed by atoms with van der Waals surface area (Å²) in [4.78, 5) is 2.37. The molecular formula is C58H36N2O2. The average molecular weight is 793 g/mol. The van der Waals surface area contributed by atoms with Crippen molar-refractivity contribution < 1.29 is 8.83 Å². The second kappa shape index (κ2) is 13.6. The number of hydrogen-bond donors (Lipinski definition) is 0. The number of para-hydroxylation sites is 4. The van der Waals surface area contributed by atoms with Crippen LogP contribution in [0.2, 0.25) is 0 Å². The summed E-state index contributed by atoms with van der Waals surface area (Å²) in [5.74, 6) is 0. The van der Waals surface area contributed by atoms with Gasteiger partial charge in [-0.25, -0.2) is 0 Å². The number of aromatic nitrogens is 1. The molecule has 4 nitrogen and oxygen atoms in total. The maximum Gasteiger partial charge on any atom is 0.143 e. The van der Waals surface area contributed by atoms with Crippen LogP contribution in [0.3, 0.4) is 0 Å². The van der Waals surface area contributed by atoms with Gasteiger partial charge in [-0.15, -0.1) is 0 Å². The van der Waals surface area contributed by atoms with Crippen LogP contribution in [0.25, 0.3) is 104 Å². The van der Waals surface area contributed by atoms with Crippen molar-refractivity contribution in [3.05, 3.63) is 218 Å². The van der Waals surface area contributed by atoms with Gasteiger partial charge in [0.2, 0.25) is 0 Å². The predicted molar refractivity (Wildman–Crippen MR) is 258 cm³/mol. The van der Waals surface area contributed by atoms with Gasteiger partial charge in [-0.1, -0.05) is 140 Å². The van der Waals surface area contributed by atoms with Crippen LogP contribution < -0.4 is 4.90 Å². The van der Waals surface area contributed by atoms with Crippen LogP contribution in [0.1, 0.15) is 0 Å². The number of furan rings is 2. The smallest absolute Gasteiger partial charge is 0.143 e. The van der Waals surface area contributed by atoms with Crippen molar-refractivity contribution in [2.75, 3.05) is 4.90 Å². The quantitative estimate of drug-likeness (QED) is 0.168. The first-order chi connectivity index (χ1) is 30.7. The molecule has 13 rings (SSSR count). The average Bonchev–Trinajstić information content (AvgIpc) is 4.02. The van der Waals surface area contributed by atoms with Crippen molar-refractivity contribution >= 4 is 93.5 Å². The van der Waals surface area contributed by atoms with Crippen LogP contribution in [-0.2, 0) is 0 Å². The fourth-order valence-electron chi connectivity index (χ4n) is 9.74. The summed E-state index contributed by atoms with van der Waals surface area (Å²) in [6, 6.07) is 78.0. The lowest BCUT2D eigenvalue weighted by molar-refractivity contribution is 0.669. The number of fused-ring (bicyclic) bond motifs is 11. The number of rotatable bonds is 6. The third-order valence-electron chi connectivity index (χ3n) is 12.6. The minimum absolute atomic E-state index is 0.854. The molecule has 0 fully saturated rings. The number of nitrogens with zero attached hydrogens (tertiary/aromatic N) is 2. The molecule has 0 spiro atoms. The lowest BCUT2D eigenvalue weighted by atomic mass is 10.0. The number of benzene rings is 10. The first-order valence-electron chi connectivity index (χ1n) is 21.1. The van der Waals surface area contributed by atoms with Crippen LogP contribution >= 0.6 is 0 Å². The van der Waals surface area contributed by atoms with Gasteiger partial charge in [-0.3, -0.25) is 0 Å². The summed E-state index contributed by atoms with van der Waals surface area (Å²) in [6.07, 6.45) is 0. The van der Waals surface area contributed by atoms with Crippen LogP contribution in [0.4, 0.5) is 17.1 Å². The van der Waals surface area contributed by atoms with Gasteiger partial charge in [-0.2, -0.15) is 0 Å². The maximum atomic E-state index is 6.71. The Kier molecular flexibility index (Phi) is 7.57. The molecule has 4 heteroatoms. The van der Waals surface area contributed by atoms with E-state index in [4.69, 9.17) is 8.83 Å². The molecule has 0 atom stereocenters. The molecule has 0 unspecified atom stereocenters. The zero-order valence-corrected chi connectivity index (χ0v) is 33.5. The van der Waals surface area contributed by atoms with Gasteiger partial charge in [0.25, 0.3) is 0 Å². The Morgan fingerprint density at radius 1 is 0.355 bits per heavy atom. The van der Waals surface area contributed by atoms with Crippen LogP contribution in [0.15, 0.2) is 227 Å². The van der Waals surface area contributed by atoms with Gasteiger partial charge in [0.1, 0.15) is 22.3 Å². The molecule has 0 saturated heterocycles. The molecule has 0 aliphatic rings. The van der Waals surface area contributed by atoms with E-state index < -0.39 is 0 Å². The van der Waals surface area contributed by atoms with Crippen molar-refractivity contribution in [1.82, 2.24) is 4.57 Å². The van der Waals surface area contributed by atoms with Crippen LogP contribution in [0, 0.1) is 0 Å². The van der Waals surface area contributed by atoms with Crippen molar-refractivity contribution in [2.24, 2.45) is 0 Å². The fourth-order valence-corrected chi connectivity index (χ4v) is 9.74. The number of hydrogen-bond acceptors (Lipinski definition) is 3. The Balaban J connectivity index is 0.966. The van der Waals surface area contributed by atoms with E-state index in [-0.39, 0.29) is 0 Å². The molecule has 10 aromatic carbocycles. The third-order valence-corrected chi connectivity index (χ3v) is 12.6. The molecule has 13 aromatic rings. The first-order valence-corrected chi connectivity index (χ1v) is 21.1. The van der Waals surface area contributed by atoms with Crippen molar-refractivity contribution in [2.45, 2.75) is 0 Å². The molecule has 0 radical (unpaired) electrons. The minimum atomic E-state index is 0.854. The zero-order valence-electron chi connectivity index (χ0n) is 33.5. The van der Waals surface area contributed by atoms with Gasteiger partial charge in [0, 0.05) is 49.3 Å². The van der Waals surface area contributed by atoms with Crippen LogP contribution in [0.5, 0.6) is 0 Å². The second-order valence-electron chi connectivity index (χ2n) is 16.0. The lowest BCUT2D eigenvalue weighted by Crippen LogP contribution is -2.10. The molecule has 0 aliphatic carbocycles. The summed E-state index contributed by atoms with van der Waals surface area (Å²) in [6.45, 7) is 0. The molecule has 0 aliphatic heterocycles. The highest BCUT2D eigenvalue weighted by Crippen LogP contribution is 2.45. The topological polar surface area (TPSA) is 34.5 Å². The van der Waals surface area contributed by atoms with Gasteiger partial charge in [0.05, 0.1) is 27.8 Å². The van der Waals surface area contributed by atoms with Crippen molar-refractivity contribution in [3.63, 3.8) is 0 Å². The van der Waals surface area contributed by atoms with Crippen molar-refractivity contribution in [1.29, 1.82) is 0 Å². The maximum absolute atomic E-state index is 6.71. The van der Waals surface area contributed by atoms with E-state index in [1.807, 2.05) is 12.1 Å². The Hall–Kier alpha value is -8.34. The molecule has 290 valence electrons. The fraction of sp³-hybridized carbons (Fsp3) is 0. The monoisotopic (exact) mass is 792 g/mol. The van der Waals surface area contributed by atoms with Gasteiger partial charge in [0.15, 0.2) is 0 Å². The normalized spacial score (nSPS) is 11.9. The lowest BCUT2D eigenvalue weighted by Gasteiger charge is -2.27. The Bertz CT molecular complexity index is 3810. The Labute approximate surface area is 356 Å². The van der Waals surface area contributed by atoms with Crippen molar-refractivity contribution in [3.8, 4) is 27.9 Å². The molecule has 0 amide bonds. The Morgan fingerprint density at radius 3 is 1.73 bits per heavy atom. The largest absolute Gasteiger partial charge is 0.456 e. The summed E-state index contributed by atoms with van der Waals surface area (Å²) >= 11 is 0. The number of anilines is 3. The highest BCUT2D eigenvalue weighted by Gasteiger charge is 2.22. The van der Waals surface area contributed by atoms with E-state index in [1.54, 1.807) is 0 Å². The standard InChI is InChI=1S/C58H36N2O2/c1-2-14-44-38(12-1)28-34-48-57-53(21-11-23-56(57)62-58(44)48)59(41-30-24-37(25-31-41)40-29-35-55-49(36-40)47-17-6-10-22-54(47)61-55)42-32-26-39(27-33-42)43-13-3-7-18-50(43)60-51-19-8-4-15-45(51)46-16-5-9-20-52(46)60/h1-36H. The van der Waals surface area contributed by atoms with Gasteiger partial charge in [-0.05, 0) is 101 Å². The van der Waals surface area contributed by atoms with E-state index in [1.165, 1.54) is 27.4 Å². The summed E-state index contributed by atoms with van der Waals surface area (Å²) < 4.78 is 15.3. The SMILES string of the molecule is c1ccc(-n2c3ccccc3c3ccccc32)c(-c2ccc(N(c3ccc(-c4ccc5oc6ccccc6c5c4)cc3)c3cccc4oc5c6ccccc6ccc5c34)cc2)c1. The Morgan fingerprint density at radius 2 is 0.952 bits per heavy atom. The second-order valence-corrected chi connectivity index (χ2v) is 16.0. The molecular weight excluding hydrogens is 757 g/mol. The first kappa shape index (κ1) is 34.5. The van der Waals surface area contributed by atoms with E-state index >= 15 is 0 Å². The van der Waals surface area contributed by atoms with E-state index in [0.29, 0.717) is 0 Å². The third kappa shape index (κ3) is 5.27. The summed E-state index contributed by atoms with van der Waals surface area (Å²) in [7, 11) is 0. The van der Waals surface area contributed by atoms with Crippen LogP contribution in [-0.4, -0.2) is 4.57 Å². The predicted octanol–water partition coefficient (Wildman–Crippen LogP) is 16.5. The minimum Gasteiger partial charge on any atom is -0.456 e. The highest BCUT2D eigenvalue weighted by atomic mass is 16.3. The van der Waals surface area contributed by atoms with E-state index in [0.717, 1.165) is 94.1 Å². The molecule has 0 bridgehead atoms. The van der Waals surface area contributed by atoms with Gasteiger partial charge >= 0.3 is 0 Å². The summed E-state index contributed by atoms with van der Waals surface area (Å²) in [5.41, 5.74) is 14.8. The molecule has 0 N–H and O–H groups in total. The van der Waals surface area contributed by atoms with E-state index in [2.05, 4.69) is 216 Å². The molecule has 3 heterocycles. The highest BCUT2D eigenvalue weighted by molar-refractivity contribution is 6.19. The molecule has 62 heavy (non-hydrogen) atoms. The molecule has 3 aromatic heterocycles. The summed E-state index contributed by atoms with van der Waals surface area (Å²) in [5, 5.41) is 9.18. The zero-order chi connectivity index (χ0) is 40.7.